The molecule has 0 radical (unpaired) electrons. The molecule has 0 aromatic rings. The van der Waals surface area contributed by atoms with Crippen molar-refractivity contribution in [1.29, 1.82) is 0 Å². The molecule has 0 amide bonds. The van der Waals surface area contributed by atoms with Gasteiger partial charge in [-0.25, -0.2) is 0 Å². The predicted molar refractivity (Wildman–Crippen MR) is 26.7 cm³/mol. The second kappa shape index (κ2) is 2.05. The molecule has 0 unspecified atom stereocenters. The van der Waals surface area contributed by atoms with Gasteiger partial charge >= 0.3 is 11.9 Å². The lowest BCUT2D eigenvalue weighted by atomic mass is 10.1. The molecule has 0 spiro atoms. The first-order chi connectivity index (χ1) is 4.20. The average molecular weight is 130 g/mol. The maximum absolute atomic E-state index is 10.3. The van der Waals surface area contributed by atoms with Crippen molar-refractivity contribution in [2.24, 2.45) is 5.92 Å². The average Bonchev–Trinajstić information content (AvgIpc) is 2.14. The Morgan fingerprint density at radius 1 is 1.78 bits per heavy atom. The molecule has 0 aliphatic carbocycles. The van der Waals surface area contributed by atoms with E-state index >= 15 is 0 Å². The number of rotatable bonds is 1. The van der Waals surface area contributed by atoms with Gasteiger partial charge in [-0.05, 0) is 0 Å². The van der Waals surface area contributed by atoms with Crippen LogP contribution < -0.4 is 0 Å². The molecule has 0 aromatic heterocycles. The Bertz CT molecular complexity index is 151. The minimum atomic E-state index is -0.958. The fraction of sp³-hybridized carbons (Fsp3) is 0.600. The molecule has 1 saturated heterocycles. The largest absolute Gasteiger partial charge is 0.481 e. The highest BCUT2D eigenvalue weighted by molar-refractivity contribution is 5.81. The van der Waals surface area contributed by atoms with E-state index < -0.39 is 17.9 Å². The second-order valence-electron chi connectivity index (χ2n) is 1.92. The minimum absolute atomic E-state index is 0.0231. The summed E-state index contributed by atoms with van der Waals surface area (Å²) in [6, 6.07) is 0. The number of aliphatic carboxylic acids is 1. The monoisotopic (exact) mass is 130 g/mol. The van der Waals surface area contributed by atoms with Crippen molar-refractivity contribution >= 4 is 11.9 Å². The molecule has 0 aromatic carbocycles. The molecular formula is C5H6O4. The fourth-order valence-electron chi connectivity index (χ4n) is 0.671. The highest BCUT2D eigenvalue weighted by atomic mass is 16.5. The van der Waals surface area contributed by atoms with E-state index in [2.05, 4.69) is 4.74 Å². The standard InChI is InChI=1S/C5H6O4/c6-4-1-3(2-9-4)5(7)8/h3H,1-2H2,(H,7,8)/t3-/m0/s1. The molecule has 1 heterocycles. The number of hydrogen-bond donors (Lipinski definition) is 1. The molecule has 1 aliphatic heterocycles. The van der Waals surface area contributed by atoms with E-state index in [1.165, 1.54) is 0 Å². The molecule has 1 atom stereocenters. The number of carbonyl (C=O) groups excluding carboxylic acids is 1. The van der Waals surface area contributed by atoms with Crippen molar-refractivity contribution < 1.29 is 19.4 Å². The van der Waals surface area contributed by atoms with E-state index in [9.17, 15) is 9.59 Å². The Kier molecular flexibility index (Phi) is 1.38. The van der Waals surface area contributed by atoms with Crippen LogP contribution in [0.1, 0.15) is 6.42 Å². The molecule has 1 rings (SSSR count). The number of carbonyl (C=O) groups is 2. The van der Waals surface area contributed by atoms with Crippen LogP contribution in [0.5, 0.6) is 0 Å². The SMILES string of the molecule is O=C1C[C@H](C(=O)O)CO1. The molecular weight excluding hydrogens is 124 g/mol. The highest BCUT2D eigenvalue weighted by Gasteiger charge is 2.29. The Balaban J connectivity index is 2.48. The third kappa shape index (κ3) is 1.19. The fourth-order valence-corrected chi connectivity index (χ4v) is 0.671. The van der Waals surface area contributed by atoms with Crippen LogP contribution in [0.2, 0.25) is 0 Å². The van der Waals surface area contributed by atoms with Gasteiger partial charge in [0.1, 0.15) is 12.5 Å². The smallest absolute Gasteiger partial charge is 0.310 e. The van der Waals surface area contributed by atoms with Gasteiger partial charge in [-0.15, -0.1) is 0 Å². The van der Waals surface area contributed by atoms with Crippen LogP contribution in [0.25, 0.3) is 0 Å². The van der Waals surface area contributed by atoms with Crippen molar-refractivity contribution in [1.82, 2.24) is 0 Å². The molecule has 4 heteroatoms. The zero-order valence-corrected chi connectivity index (χ0v) is 4.66. The van der Waals surface area contributed by atoms with Crippen molar-refractivity contribution in [3.05, 3.63) is 0 Å². The van der Waals surface area contributed by atoms with Crippen LogP contribution in [0, 0.1) is 5.92 Å². The first-order valence-electron chi connectivity index (χ1n) is 2.58. The highest BCUT2D eigenvalue weighted by Crippen LogP contribution is 2.12. The van der Waals surface area contributed by atoms with E-state index in [1.807, 2.05) is 0 Å². The van der Waals surface area contributed by atoms with Crippen LogP contribution in [0.15, 0.2) is 0 Å². The Labute approximate surface area is 51.4 Å². The molecule has 1 aliphatic rings. The molecule has 0 bridgehead atoms. The molecule has 0 saturated carbocycles. The zero-order valence-electron chi connectivity index (χ0n) is 4.66. The number of cyclic esters (lactones) is 1. The second-order valence-corrected chi connectivity index (χ2v) is 1.92. The summed E-state index contributed by atoms with van der Waals surface area (Å²) in [5, 5.41) is 8.30. The summed E-state index contributed by atoms with van der Waals surface area (Å²) in [5.41, 5.74) is 0. The zero-order chi connectivity index (χ0) is 6.85. The van der Waals surface area contributed by atoms with E-state index in [0.29, 0.717) is 0 Å². The number of carboxylic acids is 1. The Hall–Kier alpha value is -1.06. The first kappa shape index (κ1) is 6.07. The van der Waals surface area contributed by atoms with E-state index in [1.54, 1.807) is 0 Å². The quantitative estimate of drug-likeness (QED) is 0.492. The van der Waals surface area contributed by atoms with Gasteiger partial charge in [0.05, 0.1) is 6.42 Å². The number of ether oxygens (including phenoxy) is 1. The molecule has 1 N–H and O–H groups in total. The lowest BCUT2D eigenvalue weighted by Crippen LogP contribution is -2.12. The first-order valence-corrected chi connectivity index (χ1v) is 2.58. The summed E-state index contributed by atoms with van der Waals surface area (Å²) in [6.07, 6.45) is 0.0231. The van der Waals surface area contributed by atoms with Gasteiger partial charge in [0, 0.05) is 0 Å². The van der Waals surface area contributed by atoms with Gasteiger partial charge in [0.15, 0.2) is 0 Å². The predicted octanol–water partition coefficient (Wildman–Crippen LogP) is -0.366. The van der Waals surface area contributed by atoms with Gasteiger partial charge in [0.25, 0.3) is 0 Å². The van der Waals surface area contributed by atoms with Gasteiger partial charge in [-0.1, -0.05) is 0 Å². The van der Waals surface area contributed by atoms with Gasteiger partial charge in [0.2, 0.25) is 0 Å². The maximum Gasteiger partial charge on any atom is 0.310 e. The van der Waals surface area contributed by atoms with Crippen molar-refractivity contribution in [2.75, 3.05) is 6.61 Å². The van der Waals surface area contributed by atoms with E-state index in [-0.39, 0.29) is 13.0 Å². The third-order valence-corrected chi connectivity index (χ3v) is 1.21. The van der Waals surface area contributed by atoms with Crippen LogP contribution in [-0.4, -0.2) is 23.7 Å². The lowest BCUT2D eigenvalue weighted by Gasteiger charge is -1.93. The number of carboxylic acid groups (broad SMARTS) is 1. The van der Waals surface area contributed by atoms with E-state index in [4.69, 9.17) is 5.11 Å². The summed E-state index contributed by atoms with van der Waals surface area (Å²) in [5.74, 6) is -1.99. The van der Waals surface area contributed by atoms with Gasteiger partial charge in [-0.3, -0.25) is 9.59 Å². The number of esters is 1. The van der Waals surface area contributed by atoms with Crippen LogP contribution >= 0.6 is 0 Å². The summed E-state index contributed by atoms with van der Waals surface area (Å²) >= 11 is 0. The topological polar surface area (TPSA) is 63.6 Å². The van der Waals surface area contributed by atoms with Crippen molar-refractivity contribution in [2.45, 2.75) is 6.42 Å². The summed E-state index contributed by atoms with van der Waals surface area (Å²) < 4.78 is 4.41. The van der Waals surface area contributed by atoms with Gasteiger partial charge < -0.3 is 9.84 Å². The lowest BCUT2D eigenvalue weighted by molar-refractivity contribution is -0.141. The van der Waals surface area contributed by atoms with Crippen LogP contribution in [0.3, 0.4) is 0 Å². The summed E-state index contributed by atoms with van der Waals surface area (Å²) in [4.78, 5) is 20.4. The Morgan fingerprint density at radius 3 is 2.67 bits per heavy atom. The van der Waals surface area contributed by atoms with Crippen LogP contribution in [0.4, 0.5) is 0 Å². The molecule has 9 heavy (non-hydrogen) atoms. The van der Waals surface area contributed by atoms with E-state index in [0.717, 1.165) is 0 Å². The summed E-state index contributed by atoms with van der Waals surface area (Å²) in [6.45, 7) is 0.0359. The minimum Gasteiger partial charge on any atom is -0.481 e. The molecule has 1 fully saturated rings. The normalized spacial score (nSPS) is 25.8. The molecule has 50 valence electrons. The molecule has 4 nitrogen and oxygen atoms in total. The van der Waals surface area contributed by atoms with Crippen LogP contribution in [-0.2, 0) is 14.3 Å². The Morgan fingerprint density at radius 2 is 2.44 bits per heavy atom. The van der Waals surface area contributed by atoms with Crippen molar-refractivity contribution in [3.63, 3.8) is 0 Å². The van der Waals surface area contributed by atoms with Crippen molar-refractivity contribution in [3.8, 4) is 0 Å². The summed E-state index contributed by atoms with van der Waals surface area (Å²) in [7, 11) is 0. The maximum atomic E-state index is 10.3. The number of hydrogen-bond acceptors (Lipinski definition) is 3. The third-order valence-electron chi connectivity index (χ3n) is 1.21. The van der Waals surface area contributed by atoms with Gasteiger partial charge in [-0.2, -0.15) is 0 Å².